The highest BCUT2D eigenvalue weighted by atomic mass is 35.5. The van der Waals surface area contributed by atoms with Gasteiger partial charge in [-0.2, -0.15) is 0 Å². The van der Waals surface area contributed by atoms with Crippen LogP contribution in [-0.2, 0) is 16.1 Å². The molecule has 19 heavy (non-hydrogen) atoms. The quantitative estimate of drug-likeness (QED) is 0.701. The largest absolute Gasteiger partial charge is 0.480 e. The maximum Gasteiger partial charge on any atom is 0.321 e. The van der Waals surface area contributed by atoms with Crippen LogP contribution in [0.5, 0.6) is 0 Å². The summed E-state index contributed by atoms with van der Waals surface area (Å²) in [5.41, 5.74) is 6.16. The van der Waals surface area contributed by atoms with Crippen LogP contribution in [0.25, 0.3) is 0 Å². The number of halogens is 1. The van der Waals surface area contributed by atoms with E-state index < -0.39 is 12.0 Å². The van der Waals surface area contributed by atoms with Crippen LogP contribution >= 0.6 is 23.4 Å². The number of aliphatic carboxylic acids is 1. The molecule has 0 heterocycles. The summed E-state index contributed by atoms with van der Waals surface area (Å²) >= 11 is 7.14. The topological polar surface area (TPSA) is 92.4 Å². The number of carbonyl (C=O) groups excluding carboxylic acids is 1. The molecule has 0 saturated heterocycles. The molecule has 1 aromatic rings. The molecule has 0 aliphatic carbocycles. The lowest BCUT2D eigenvalue weighted by molar-refractivity contribution is -0.138. The van der Waals surface area contributed by atoms with E-state index in [0.717, 1.165) is 5.56 Å². The third kappa shape index (κ3) is 5.96. The molecule has 0 radical (unpaired) electrons. The number of carboxylic acid groups (broad SMARTS) is 1. The van der Waals surface area contributed by atoms with Crippen LogP contribution < -0.4 is 11.1 Å². The van der Waals surface area contributed by atoms with Crippen molar-refractivity contribution in [2.24, 2.45) is 5.73 Å². The first-order valence-electron chi connectivity index (χ1n) is 5.57. The van der Waals surface area contributed by atoms with E-state index in [0.29, 0.717) is 11.6 Å². The first-order chi connectivity index (χ1) is 9.00. The number of thioether (sulfide) groups is 1. The molecule has 104 valence electrons. The Labute approximate surface area is 120 Å². The maximum atomic E-state index is 11.5. The van der Waals surface area contributed by atoms with Gasteiger partial charge < -0.3 is 16.2 Å². The molecule has 0 unspecified atom stereocenters. The van der Waals surface area contributed by atoms with Gasteiger partial charge in [0.05, 0.1) is 5.75 Å². The minimum absolute atomic E-state index is 0.172. The van der Waals surface area contributed by atoms with Crippen LogP contribution in [0.2, 0.25) is 5.02 Å². The van der Waals surface area contributed by atoms with Crippen molar-refractivity contribution in [3.8, 4) is 0 Å². The molecule has 4 N–H and O–H groups in total. The van der Waals surface area contributed by atoms with Crippen molar-refractivity contribution in [2.75, 3.05) is 11.5 Å². The summed E-state index contributed by atoms with van der Waals surface area (Å²) in [6, 6.07) is 6.30. The molecule has 0 bridgehead atoms. The molecule has 1 aromatic carbocycles. The van der Waals surface area contributed by atoms with Gasteiger partial charge in [0.25, 0.3) is 0 Å². The van der Waals surface area contributed by atoms with Gasteiger partial charge >= 0.3 is 5.97 Å². The molecule has 0 spiro atoms. The molecule has 0 aromatic heterocycles. The minimum atomic E-state index is -1.07. The molecule has 1 rings (SSSR count). The number of amides is 1. The van der Waals surface area contributed by atoms with E-state index in [1.807, 2.05) is 18.2 Å². The summed E-state index contributed by atoms with van der Waals surface area (Å²) in [4.78, 5) is 22.0. The Morgan fingerprint density at radius 3 is 2.74 bits per heavy atom. The Morgan fingerprint density at radius 1 is 1.42 bits per heavy atom. The Bertz CT molecular complexity index is 456. The van der Waals surface area contributed by atoms with E-state index in [2.05, 4.69) is 5.32 Å². The van der Waals surface area contributed by atoms with Crippen molar-refractivity contribution < 1.29 is 14.7 Å². The summed E-state index contributed by atoms with van der Waals surface area (Å²) in [5.74, 6) is -0.869. The fourth-order valence-electron chi connectivity index (χ4n) is 1.24. The molecule has 7 heteroatoms. The Kier molecular flexibility index (Phi) is 6.69. The third-order valence-corrected chi connectivity index (χ3v) is 3.71. The van der Waals surface area contributed by atoms with Gasteiger partial charge in [-0.1, -0.05) is 29.8 Å². The van der Waals surface area contributed by atoms with Crippen LogP contribution in [-0.4, -0.2) is 34.5 Å². The summed E-state index contributed by atoms with van der Waals surface area (Å²) in [6.45, 7) is 0.351. The number of nitrogens with two attached hydrogens (primary N) is 1. The minimum Gasteiger partial charge on any atom is -0.480 e. The Morgan fingerprint density at radius 2 is 2.11 bits per heavy atom. The predicted molar refractivity (Wildman–Crippen MR) is 76.2 cm³/mol. The van der Waals surface area contributed by atoms with Gasteiger partial charge in [0.1, 0.15) is 6.04 Å². The van der Waals surface area contributed by atoms with E-state index in [1.54, 1.807) is 6.07 Å². The maximum absolute atomic E-state index is 11.5. The van der Waals surface area contributed by atoms with E-state index in [-0.39, 0.29) is 17.4 Å². The Balaban J connectivity index is 2.25. The zero-order valence-corrected chi connectivity index (χ0v) is 11.7. The lowest BCUT2D eigenvalue weighted by atomic mass is 10.2. The molecule has 5 nitrogen and oxygen atoms in total. The van der Waals surface area contributed by atoms with Gasteiger partial charge in [0.2, 0.25) is 5.91 Å². The third-order valence-electron chi connectivity index (χ3n) is 2.28. The second-order valence-corrected chi connectivity index (χ2v) is 5.27. The molecule has 0 aliphatic rings. The van der Waals surface area contributed by atoms with Gasteiger partial charge in [-0.15, -0.1) is 11.8 Å². The number of hydrogen-bond acceptors (Lipinski definition) is 4. The van der Waals surface area contributed by atoms with Crippen molar-refractivity contribution in [1.29, 1.82) is 0 Å². The zero-order valence-electron chi connectivity index (χ0n) is 10.1. The molecule has 1 amide bonds. The van der Waals surface area contributed by atoms with Crippen molar-refractivity contribution in [2.45, 2.75) is 12.6 Å². The molecule has 0 aliphatic heterocycles. The fraction of sp³-hybridized carbons (Fsp3) is 0.333. The summed E-state index contributed by atoms with van der Waals surface area (Å²) in [5, 5.41) is 11.9. The van der Waals surface area contributed by atoms with Crippen molar-refractivity contribution in [3.05, 3.63) is 34.9 Å². The van der Waals surface area contributed by atoms with Crippen LogP contribution in [0.4, 0.5) is 0 Å². The number of carbonyl (C=O) groups is 2. The molecular weight excluding hydrogens is 288 g/mol. The lowest BCUT2D eigenvalue weighted by Crippen LogP contribution is -2.33. The molecule has 0 saturated carbocycles. The average Bonchev–Trinajstić information content (AvgIpc) is 2.37. The highest BCUT2D eigenvalue weighted by Gasteiger charge is 2.12. The zero-order chi connectivity index (χ0) is 14.3. The van der Waals surface area contributed by atoms with E-state index in [4.69, 9.17) is 22.4 Å². The average molecular weight is 303 g/mol. The number of nitrogens with one attached hydrogen (secondary N) is 1. The van der Waals surface area contributed by atoms with Crippen molar-refractivity contribution in [3.63, 3.8) is 0 Å². The van der Waals surface area contributed by atoms with Gasteiger partial charge in [-0.3, -0.25) is 9.59 Å². The summed E-state index contributed by atoms with van der Waals surface area (Å²) in [7, 11) is 0. The van der Waals surface area contributed by atoms with E-state index in [1.165, 1.54) is 11.8 Å². The van der Waals surface area contributed by atoms with Gasteiger partial charge in [0.15, 0.2) is 0 Å². The SMILES string of the molecule is N[C@H](CSCC(=O)NCc1ccccc1Cl)C(=O)O. The van der Waals surface area contributed by atoms with Crippen LogP contribution in [0.1, 0.15) is 5.56 Å². The number of carboxylic acids is 1. The van der Waals surface area contributed by atoms with Gasteiger partial charge in [0, 0.05) is 17.3 Å². The number of hydrogen-bond donors (Lipinski definition) is 3. The van der Waals surface area contributed by atoms with E-state index in [9.17, 15) is 9.59 Å². The summed E-state index contributed by atoms with van der Waals surface area (Å²) in [6.07, 6.45) is 0. The highest BCUT2D eigenvalue weighted by Crippen LogP contribution is 2.14. The molecule has 0 fully saturated rings. The Hall–Kier alpha value is -1.24. The normalized spacial score (nSPS) is 11.9. The smallest absolute Gasteiger partial charge is 0.321 e. The van der Waals surface area contributed by atoms with Crippen LogP contribution in [0.15, 0.2) is 24.3 Å². The first-order valence-corrected chi connectivity index (χ1v) is 7.10. The lowest BCUT2D eigenvalue weighted by Gasteiger charge is -2.08. The first kappa shape index (κ1) is 15.8. The van der Waals surface area contributed by atoms with Crippen molar-refractivity contribution in [1.82, 2.24) is 5.32 Å². The van der Waals surface area contributed by atoms with Crippen LogP contribution in [0, 0.1) is 0 Å². The highest BCUT2D eigenvalue weighted by molar-refractivity contribution is 8.00. The fourth-order valence-corrected chi connectivity index (χ4v) is 2.24. The van der Waals surface area contributed by atoms with Crippen molar-refractivity contribution >= 4 is 35.2 Å². The standard InChI is InChI=1S/C12H15ClN2O3S/c13-9-4-2-1-3-8(9)5-15-11(16)7-19-6-10(14)12(17)18/h1-4,10H,5-7,14H2,(H,15,16)(H,17,18)/t10-/m1/s1. The van der Waals surface area contributed by atoms with E-state index >= 15 is 0 Å². The molecule has 1 atom stereocenters. The number of benzene rings is 1. The molecular formula is C12H15ClN2O3S. The monoisotopic (exact) mass is 302 g/mol. The summed E-state index contributed by atoms with van der Waals surface area (Å²) < 4.78 is 0. The second kappa shape index (κ2) is 8.04. The van der Waals surface area contributed by atoms with Gasteiger partial charge in [-0.05, 0) is 11.6 Å². The number of rotatable bonds is 7. The second-order valence-electron chi connectivity index (χ2n) is 3.83. The van der Waals surface area contributed by atoms with Gasteiger partial charge in [-0.25, -0.2) is 0 Å². The van der Waals surface area contributed by atoms with Crippen LogP contribution in [0.3, 0.4) is 0 Å². The predicted octanol–water partition coefficient (Wildman–Crippen LogP) is 1.10.